The number of carboxylic acids is 1. The first-order valence-electron chi connectivity index (χ1n) is 7.76. The summed E-state index contributed by atoms with van der Waals surface area (Å²) in [4.78, 5) is 21.9. The second-order valence-electron chi connectivity index (χ2n) is 5.80. The lowest BCUT2D eigenvalue weighted by atomic mass is 10.1. The zero-order chi connectivity index (χ0) is 18.7. The summed E-state index contributed by atoms with van der Waals surface area (Å²) < 4.78 is 25.5. The highest BCUT2D eigenvalue weighted by Crippen LogP contribution is 2.24. The summed E-state index contributed by atoms with van der Waals surface area (Å²) in [6, 6.07) is 14.0. The number of aliphatic carboxylic acids is 1. The van der Waals surface area contributed by atoms with Gasteiger partial charge in [0.05, 0.1) is 6.42 Å². The molecule has 2 aromatic rings. The molecule has 1 aliphatic heterocycles. The number of amides is 1. The van der Waals surface area contributed by atoms with E-state index >= 15 is 0 Å². The minimum absolute atomic E-state index is 0.0160. The van der Waals surface area contributed by atoms with E-state index in [1.807, 2.05) is 4.72 Å². The quantitative estimate of drug-likeness (QED) is 0.712. The average Bonchev–Trinajstić information content (AvgIpc) is 2.86. The van der Waals surface area contributed by atoms with Crippen molar-refractivity contribution in [2.75, 3.05) is 5.32 Å². The average molecular weight is 372 g/mol. The van der Waals surface area contributed by atoms with Gasteiger partial charge < -0.3 is 10.4 Å². The smallest absolute Gasteiger partial charge is 0.307 e. The van der Waals surface area contributed by atoms with Crippen molar-refractivity contribution in [1.29, 1.82) is 0 Å². The molecule has 0 atom stereocenters. The van der Waals surface area contributed by atoms with Gasteiger partial charge in [-0.05, 0) is 28.8 Å². The lowest BCUT2D eigenvalue weighted by Gasteiger charge is -2.08. The second kappa shape index (κ2) is 7.01. The molecule has 0 fully saturated rings. The highest BCUT2D eigenvalue weighted by molar-refractivity contribution is 7.99. The van der Waals surface area contributed by atoms with Crippen molar-refractivity contribution in [2.24, 2.45) is 0 Å². The third-order valence-electron chi connectivity index (χ3n) is 3.83. The Morgan fingerprint density at radius 2 is 1.62 bits per heavy atom. The fourth-order valence-corrected chi connectivity index (χ4v) is 3.70. The summed E-state index contributed by atoms with van der Waals surface area (Å²) in [5.41, 5.74) is 2.95. The number of nitrogens with one attached hydrogen (secondary N) is 2. The molecule has 0 saturated carbocycles. The molecule has 0 bridgehead atoms. The van der Waals surface area contributed by atoms with Gasteiger partial charge in [-0.15, -0.1) is 0 Å². The Balaban J connectivity index is 1.64. The Morgan fingerprint density at radius 3 is 2.15 bits per heavy atom. The molecule has 1 heterocycles. The number of benzene rings is 2. The molecule has 0 unspecified atom stereocenters. The highest BCUT2D eigenvalue weighted by atomic mass is 32.2. The van der Waals surface area contributed by atoms with Crippen molar-refractivity contribution in [2.45, 2.75) is 13.0 Å². The van der Waals surface area contributed by atoms with Crippen LogP contribution in [0.1, 0.15) is 16.7 Å². The van der Waals surface area contributed by atoms with Crippen molar-refractivity contribution in [3.8, 4) is 0 Å². The van der Waals surface area contributed by atoms with Crippen LogP contribution in [0.2, 0.25) is 0 Å². The Bertz CT molecular complexity index is 977. The number of sulfonamides is 1. The molecule has 1 amide bonds. The van der Waals surface area contributed by atoms with Gasteiger partial charge in [-0.2, -0.15) is 0 Å². The van der Waals surface area contributed by atoms with Crippen molar-refractivity contribution in [3.05, 3.63) is 71.3 Å². The Morgan fingerprint density at radius 1 is 1.00 bits per heavy atom. The summed E-state index contributed by atoms with van der Waals surface area (Å²) >= 11 is 0. The van der Waals surface area contributed by atoms with E-state index in [9.17, 15) is 18.0 Å². The first kappa shape index (κ1) is 17.7. The van der Waals surface area contributed by atoms with E-state index in [1.54, 1.807) is 48.5 Å². The van der Waals surface area contributed by atoms with Crippen LogP contribution in [-0.2, 0) is 32.6 Å². The van der Waals surface area contributed by atoms with E-state index < -0.39 is 21.9 Å². The number of anilines is 1. The fraction of sp³-hybridized carbons (Fsp3) is 0.111. The molecule has 0 aliphatic carbocycles. The maximum atomic E-state index is 11.8. The molecular formula is C18H16N2O5S. The van der Waals surface area contributed by atoms with Crippen molar-refractivity contribution in [3.63, 3.8) is 0 Å². The maximum Gasteiger partial charge on any atom is 0.307 e. The van der Waals surface area contributed by atoms with Gasteiger partial charge in [0.2, 0.25) is 0 Å². The summed E-state index contributed by atoms with van der Waals surface area (Å²) in [7, 11) is -3.77. The number of hydrogen-bond donors (Lipinski definition) is 3. The number of carbonyl (C=O) groups excluding carboxylic acids is 1. The third-order valence-corrected chi connectivity index (χ3v) is 5.23. The van der Waals surface area contributed by atoms with E-state index in [-0.39, 0.29) is 11.3 Å². The third kappa shape index (κ3) is 4.09. The number of hydrogen-bond acceptors (Lipinski definition) is 5. The summed E-state index contributed by atoms with van der Waals surface area (Å²) in [5, 5.41) is 12.0. The molecule has 0 saturated heterocycles. The minimum Gasteiger partial charge on any atom is -0.481 e. The predicted molar refractivity (Wildman–Crippen MR) is 96.6 cm³/mol. The molecule has 134 valence electrons. The number of carboxylic acid groups (broad SMARTS) is 1. The molecule has 8 heteroatoms. The monoisotopic (exact) mass is 372 g/mol. The van der Waals surface area contributed by atoms with Crippen LogP contribution >= 0.6 is 0 Å². The van der Waals surface area contributed by atoms with Crippen molar-refractivity contribution in [1.82, 2.24) is 4.72 Å². The summed E-state index contributed by atoms with van der Waals surface area (Å²) in [5.74, 6) is -1.51. The molecule has 3 rings (SSSR count). The van der Waals surface area contributed by atoms with Crippen molar-refractivity contribution >= 4 is 32.5 Å². The van der Waals surface area contributed by atoms with Gasteiger partial charge >= 0.3 is 5.97 Å². The Labute approximate surface area is 150 Å². The van der Waals surface area contributed by atoms with Crippen LogP contribution in [0, 0.1) is 0 Å². The van der Waals surface area contributed by atoms with Gasteiger partial charge in [-0.25, -0.2) is 13.1 Å². The van der Waals surface area contributed by atoms with Gasteiger partial charge in [0, 0.05) is 18.3 Å². The van der Waals surface area contributed by atoms with Crippen LogP contribution in [0.3, 0.4) is 0 Å². The molecule has 2 aromatic carbocycles. The van der Waals surface area contributed by atoms with Gasteiger partial charge in [-0.3, -0.25) is 9.59 Å². The second-order valence-corrected chi connectivity index (χ2v) is 7.45. The van der Waals surface area contributed by atoms with Crippen LogP contribution in [0.25, 0.3) is 4.91 Å². The topological polar surface area (TPSA) is 113 Å². The van der Waals surface area contributed by atoms with E-state index in [1.165, 1.54) is 0 Å². The van der Waals surface area contributed by atoms with Crippen LogP contribution in [0.15, 0.2) is 54.6 Å². The predicted octanol–water partition coefficient (Wildman–Crippen LogP) is 1.73. The summed E-state index contributed by atoms with van der Waals surface area (Å²) in [6.07, 6.45) is 1.05. The molecule has 0 aromatic heterocycles. The Hall–Kier alpha value is -3.13. The van der Waals surface area contributed by atoms with Gasteiger partial charge in [0.15, 0.2) is 0 Å². The lowest BCUT2D eigenvalue weighted by molar-refractivity contribution is -0.136. The molecule has 1 aliphatic rings. The standard InChI is InChI=1S/C18H16N2O5S/c21-17-10-16(26(24,25)20-17)14-5-1-13(2-6-14)11-19-15-7-3-12(4-8-15)9-18(22)23/h1-8,10,19H,9,11H2,(H,20,21)(H,22,23). The van der Waals surface area contributed by atoms with Crippen LogP contribution in [-0.4, -0.2) is 25.4 Å². The van der Waals surface area contributed by atoms with Crippen LogP contribution in [0.5, 0.6) is 0 Å². The normalized spacial score (nSPS) is 15.2. The highest BCUT2D eigenvalue weighted by Gasteiger charge is 2.28. The van der Waals surface area contributed by atoms with E-state index in [4.69, 9.17) is 5.11 Å². The molecule has 0 spiro atoms. The maximum absolute atomic E-state index is 11.8. The van der Waals surface area contributed by atoms with Crippen LogP contribution in [0.4, 0.5) is 5.69 Å². The van der Waals surface area contributed by atoms with Gasteiger partial charge in [0.1, 0.15) is 4.91 Å². The number of carbonyl (C=O) groups is 2. The fourth-order valence-electron chi connectivity index (χ4n) is 2.56. The summed E-state index contributed by atoms with van der Waals surface area (Å²) in [6.45, 7) is 0.515. The van der Waals surface area contributed by atoms with Gasteiger partial charge in [-0.1, -0.05) is 36.4 Å². The molecule has 26 heavy (non-hydrogen) atoms. The first-order chi connectivity index (χ1) is 12.3. The SMILES string of the molecule is O=C(O)Cc1ccc(NCc2ccc(C3=CC(=O)NS3(=O)=O)cc2)cc1. The van der Waals surface area contributed by atoms with Crippen LogP contribution < -0.4 is 10.0 Å². The first-order valence-corrected chi connectivity index (χ1v) is 9.24. The van der Waals surface area contributed by atoms with Crippen molar-refractivity contribution < 1.29 is 23.1 Å². The molecule has 0 radical (unpaired) electrons. The zero-order valence-corrected chi connectivity index (χ0v) is 14.4. The van der Waals surface area contributed by atoms with E-state index in [0.717, 1.165) is 22.9 Å². The number of rotatable bonds is 6. The van der Waals surface area contributed by atoms with E-state index in [2.05, 4.69) is 5.32 Å². The lowest BCUT2D eigenvalue weighted by Crippen LogP contribution is -2.22. The molecule has 7 nitrogen and oxygen atoms in total. The van der Waals surface area contributed by atoms with E-state index in [0.29, 0.717) is 12.1 Å². The van der Waals surface area contributed by atoms with Gasteiger partial charge in [0.25, 0.3) is 15.9 Å². The largest absolute Gasteiger partial charge is 0.481 e. The molecule has 3 N–H and O–H groups in total. The molecular weight excluding hydrogens is 356 g/mol. The minimum atomic E-state index is -3.77. The zero-order valence-electron chi connectivity index (χ0n) is 13.6. The Kier molecular flexibility index (Phi) is 4.77.